The van der Waals surface area contributed by atoms with Gasteiger partial charge in [-0.05, 0) is 38.8 Å². The Bertz CT molecular complexity index is 153. The average molecular weight is 262 g/mol. The van der Waals surface area contributed by atoms with Crippen LogP contribution in [0.15, 0.2) is 0 Å². The van der Waals surface area contributed by atoms with Gasteiger partial charge in [0.2, 0.25) is 0 Å². The topological polar surface area (TPSA) is 3.24 Å². The second kappa shape index (κ2) is 11.3. The Hall–Kier alpha value is 0.250. The average Bonchev–Trinajstić information content (AvgIpc) is 2.36. The van der Waals surface area contributed by atoms with Crippen molar-refractivity contribution in [3.63, 3.8) is 0 Å². The van der Waals surface area contributed by atoms with Crippen LogP contribution in [0.1, 0.15) is 72.6 Å². The molecular weight excluding hydrogens is 230 g/mol. The number of nitrogens with zero attached hydrogens (tertiary/aromatic N) is 1. The zero-order chi connectivity index (χ0) is 13.1. The predicted molar refractivity (Wildman–Crippen MR) is 80.0 cm³/mol. The maximum atomic E-state index is 6.52. The van der Waals surface area contributed by atoms with Gasteiger partial charge in [0.15, 0.2) is 0 Å². The standard InChI is InChI=1S/C15H32ClN/c1-5-9-12-17(13-10-6-2)15(11-7-3)14(16)8-4/h14-15H,5-13H2,1-4H3. The highest BCUT2D eigenvalue weighted by atomic mass is 35.5. The van der Waals surface area contributed by atoms with Crippen molar-refractivity contribution in [2.75, 3.05) is 13.1 Å². The van der Waals surface area contributed by atoms with E-state index in [2.05, 4.69) is 32.6 Å². The molecule has 0 spiro atoms. The van der Waals surface area contributed by atoms with Gasteiger partial charge in [0.05, 0.1) is 0 Å². The molecular formula is C15H32ClN. The lowest BCUT2D eigenvalue weighted by Crippen LogP contribution is -2.42. The van der Waals surface area contributed by atoms with Gasteiger partial charge < -0.3 is 0 Å². The molecule has 0 radical (unpaired) electrons. The first-order valence-electron chi connectivity index (χ1n) is 7.59. The van der Waals surface area contributed by atoms with E-state index in [-0.39, 0.29) is 0 Å². The van der Waals surface area contributed by atoms with Crippen LogP contribution in [0, 0.1) is 0 Å². The molecule has 0 N–H and O–H groups in total. The smallest absolute Gasteiger partial charge is 0.0488 e. The molecule has 0 aromatic rings. The molecule has 0 amide bonds. The summed E-state index contributed by atoms with van der Waals surface area (Å²) in [6, 6.07) is 0.588. The van der Waals surface area contributed by atoms with Gasteiger partial charge in [0.1, 0.15) is 0 Å². The molecule has 17 heavy (non-hydrogen) atoms. The number of rotatable bonds is 11. The Labute approximate surface area is 114 Å². The lowest BCUT2D eigenvalue weighted by molar-refractivity contribution is 0.173. The molecule has 0 aromatic carbocycles. The van der Waals surface area contributed by atoms with Gasteiger partial charge in [0.25, 0.3) is 0 Å². The van der Waals surface area contributed by atoms with Crippen LogP contribution in [0.2, 0.25) is 0 Å². The molecule has 0 heterocycles. The van der Waals surface area contributed by atoms with Gasteiger partial charge in [-0.2, -0.15) is 0 Å². The van der Waals surface area contributed by atoms with Crippen molar-refractivity contribution < 1.29 is 0 Å². The Morgan fingerprint density at radius 1 is 0.882 bits per heavy atom. The van der Waals surface area contributed by atoms with E-state index in [1.807, 2.05) is 0 Å². The Morgan fingerprint density at radius 3 is 1.76 bits per heavy atom. The minimum atomic E-state index is 0.323. The van der Waals surface area contributed by atoms with Crippen LogP contribution >= 0.6 is 11.6 Å². The highest BCUT2D eigenvalue weighted by Crippen LogP contribution is 2.20. The van der Waals surface area contributed by atoms with Crippen LogP contribution in [0.3, 0.4) is 0 Å². The highest BCUT2D eigenvalue weighted by Gasteiger charge is 2.23. The molecule has 0 fully saturated rings. The van der Waals surface area contributed by atoms with Gasteiger partial charge in [-0.1, -0.05) is 47.0 Å². The fraction of sp³-hybridized carbons (Fsp3) is 1.00. The van der Waals surface area contributed by atoms with Crippen molar-refractivity contribution in [3.8, 4) is 0 Å². The highest BCUT2D eigenvalue weighted by molar-refractivity contribution is 6.21. The summed E-state index contributed by atoms with van der Waals surface area (Å²) in [6.45, 7) is 11.5. The Balaban J connectivity index is 4.42. The lowest BCUT2D eigenvalue weighted by atomic mass is 10.0. The minimum absolute atomic E-state index is 0.323. The summed E-state index contributed by atoms with van der Waals surface area (Å²) in [5.41, 5.74) is 0. The van der Waals surface area contributed by atoms with Crippen LogP contribution < -0.4 is 0 Å². The molecule has 0 saturated carbocycles. The predicted octanol–water partition coefficient (Wildman–Crippen LogP) is 5.07. The van der Waals surface area contributed by atoms with Crippen molar-refractivity contribution in [2.45, 2.75) is 84.1 Å². The summed E-state index contributed by atoms with van der Waals surface area (Å²) < 4.78 is 0. The summed E-state index contributed by atoms with van der Waals surface area (Å²) in [6.07, 6.45) is 8.73. The molecule has 2 heteroatoms. The molecule has 0 aliphatic heterocycles. The maximum Gasteiger partial charge on any atom is 0.0488 e. The van der Waals surface area contributed by atoms with Gasteiger partial charge in [-0.15, -0.1) is 11.6 Å². The van der Waals surface area contributed by atoms with E-state index in [0.717, 1.165) is 6.42 Å². The van der Waals surface area contributed by atoms with E-state index in [9.17, 15) is 0 Å². The normalized spacial score (nSPS) is 15.2. The van der Waals surface area contributed by atoms with Gasteiger partial charge >= 0.3 is 0 Å². The first-order valence-corrected chi connectivity index (χ1v) is 8.02. The molecule has 0 aromatic heterocycles. The Morgan fingerprint density at radius 2 is 1.41 bits per heavy atom. The quantitative estimate of drug-likeness (QED) is 0.469. The van der Waals surface area contributed by atoms with Gasteiger partial charge in [0, 0.05) is 11.4 Å². The fourth-order valence-corrected chi connectivity index (χ4v) is 2.61. The van der Waals surface area contributed by atoms with Crippen molar-refractivity contribution >= 4 is 11.6 Å². The van der Waals surface area contributed by atoms with E-state index in [4.69, 9.17) is 11.6 Å². The molecule has 0 saturated heterocycles. The second-order valence-corrected chi connectivity index (χ2v) is 5.58. The van der Waals surface area contributed by atoms with Crippen LogP contribution in [0.4, 0.5) is 0 Å². The number of halogens is 1. The minimum Gasteiger partial charge on any atom is -0.299 e. The monoisotopic (exact) mass is 261 g/mol. The van der Waals surface area contributed by atoms with E-state index in [1.54, 1.807) is 0 Å². The van der Waals surface area contributed by atoms with Gasteiger partial charge in [-0.3, -0.25) is 4.90 Å². The molecule has 0 aliphatic carbocycles. The zero-order valence-electron chi connectivity index (χ0n) is 12.3. The van der Waals surface area contributed by atoms with Crippen molar-refractivity contribution in [3.05, 3.63) is 0 Å². The zero-order valence-corrected chi connectivity index (χ0v) is 13.1. The molecule has 1 nitrogen and oxygen atoms in total. The van der Waals surface area contributed by atoms with Crippen LogP contribution in [-0.2, 0) is 0 Å². The second-order valence-electron chi connectivity index (χ2n) is 5.02. The van der Waals surface area contributed by atoms with Crippen molar-refractivity contribution in [2.24, 2.45) is 0 Å². The molecule has 104 valence electrons. The van der Waals surface area contributed by atoms with E-state index in [1.165, 1.54) is 51.6 Å². The summed E-state index contributed by atoms with van der Waals surface area (Å²) >= 11 is 6.52. The third-order valence-corrected chi connectivity index (χ3v) is 4.06. The van der Waals surface area contributed by atoms with Gasteiger partial charge in [-0.25, -0.2) is 0 Å². The number of unbranched alkanes of at least 4 members (excludes halogenated alkanes) is 2. The largest absolute Gasteiger partial charge is 0.299 e. The third-order valence-electron chi connectivity index (χ3n) is 3.46. The number of hydrogen-bond donors (Lipinski definition) is 0. The summed E-state index contributed by atoms with van der Waals surface area (Å²) in [7, 11) is 0. The summed E-state index contributed by atoms with van der Waals surface area (Å²) in [4.78, 5) is 2.65. The summed E-state index contributed by atoms with van der Waals surface area (Å²) in [5.74, 6) is 0. The fourth-order valence-electron chi connectivity index (χ4n) is 2.33. The maximum absolute atomic E-state index is 6.52. The molecule has 2 unspecified atom stereocenters. The SMILES string of the molecule is CCCCN(CCCC)C(CCC)C(Cl)CC. The molecule has 0 rings (SSSR count). The lowest BCUT2D eigenvalue weighted by Gasteiger charge is -2.34. The van der Waals surface area contributed by atoms with Crippen LogP contribution in [-0.4, -0.2) is 29.4 Å². The number of hydrogen-bond acceptors (Lipinski definition) is 1. The number of alkyl halides is 1. The Kier molecular flexibility index (Phi) is 11.5. The molecule has 0 aliphatic rings. The van der Waals surface area contributed by atoms with Crippen LogP contribution in [0.25, 0.3) is 0 Å². The van der Waals surface area contributed by atoms with E-state index in [0.29, 0.717) is 11.4 Å². The first kappa shape index (κ1) is 17.2. The third kappa shape index (κ3) is 7.31. The van der Waals surface area contributed by atoms with Crippen LogP contribution in [0.5, 0.6) is 0 Å². The summed E-state index contributed by atoms with van der Waals surface area (Å²) in [5, 5.41) is 0.323. The van der Waals surface area contributed by atoms with E-state index >= 15 is 0 Å². The molecule has 2 atom stereocenters. The molecule has 0 bridgehead atoms. The van der Waals surface area contributed by atoms with E-state index < -0.39 is 0 Å². The van der Waals surface area contributed by atoms with Crippen molar-refractivity contribution in [1.29, 1.82) is 0 Å². The van der Waals surface area contributed by atoms with Crippen molar-refractivity contribution in [1.82, 2.24) is 4.90 Å². The first-order chi connectivity index (χ1) is 8.21.